The number of hydrogen-bond acceptors (Lipinski definition) is 5. The predicted octanol–water partition coefficient (Wildman–Crippen LogP) is 0.802. The Labute approximate surface area is 99.3 Å². The van der Waals surface area contributed by atoms with E-state index in [0.29, 0.717) is 4.90 Å². The van der Waals surface area contributed by atoms with Crippen LogP contribution in [0.25, 0.3) is 0 Å². The number of alkyl halides is 3. The molecule has 1 aromatic rings. The first kappa shape index (κ1) is 13.7. The summed E-state index contributed by atoms with van der Waals surface area (Å²) in [7, 11) is 0. The van der Waals surface area contributed by atoms with Gasteiger partial charge >= 0.3 is 12.1 Å². The van der Waals surface area contributed by atoms with E-state index in [0.717, 1.165) is 6.20 Å². The minimum atomic E-state index is -4.60. The van der Waals surface area contributed by atoms with Crippen molar-refractivity contribution < 1.29 is 23.1 Å². The van der Waals surface area contributed by atoms with Crippen LogP contribution < -0.4 is 4.90 Å². The summed E-state index contributed by atoms with van der Waals surface area (Å²) in [5.41, 5.74) is -0.141. The van der Waals surface area contributed by atoms with Gasteiger partial charge in [0.15, 0.2) is 0 Å². The van der Waals surface area contributed by atoms with Crippen molar-refractivity contribution in [1.29, 1.82) is 5.26 Å². The van der Waals surface area contributed by atoms with Gasteiger partial charge in [-0.25, -0.2) is 9.97 Å². The fraction of sp³-hybridized carbons (Fsp3) is 0.333. The molecule has 6 nitrogen and oxygen atoms in total. The molecule has 1 heterocycles. The van der Waals surface area contributed by atoms with Crippen LogP contribution in [0.4, 0.5) is 19.1 Å². The number of carboxylic acid groups (broad SMARTS) is 1. The highest BCUT2D eigenvalue weighted by Crippen LogP contribution is 2.19. The van der Waals surface area contributed by atoms with Gasteiger partial charge in [0, 0.05) is 6.20 Å². The molecule has 0 radical (unpaired) electrons. The SMILES string of the molecule is N#Cc1ccnc(N(CC(=O)O)CC(F)(F)F)n1. The Kier molecular flexibility index (Phi) is 4.04. The van der Waals surface area contributed by atoms with Crippen molar-refractivity contribution in [2.75, 3.05) is 18.0 Å². The molecular formula is C9H7F3N4O2. The van der Waals surface area contributed by atoms with Crippen molar-refractivity contribution >= 4 is 11.9 Å². The molecule has 0 saturated carbocycles. The van der Waals surface area contributed by atoms with Gasteiger partial charge in [0.25, 0.3) is 0 Å². The largest absolute Gasteiger partial charge is 0.480 e. The highest BCUT2D eigenvalue weighted by Gasteiger charge is 2.32. The smallest absolute Gasteiger partial charge is 0.406 e. The van der Waals surface area contributed by atoms with Crippen LogP contribution in [0, 0.1) is 11.3 Å². The molecule has 9 heteroatoms. The van der Waals surface area contributed by atoms with Crippen LogP contribution >= 0.6 is 0 Å². The van der Waals surface area contributed by atoms with Crippen molar-refractivity contribution in [2.45, 2.75) is 6.18 Å². The number of anilines is 1. The Balaban J connectivity index is 3.01. The van der Waals surface area contributed by atoms with Crippen LogP contribution in [-0.4, -0.2) is 40.3 Å². The van der Waals surface area contributed by atoms with E-state index in [4.69, 9.17) is 10.4 Å². The number of nitrogens with zero attached hydrogens (tertiary/aromatic N) is 4. The zero-order valence-electron chi connectivity index (χ0n) is 8.85. The van der Waals surface area contributed by atoms with Gasteiger partial charge in [0.2, 0.25) is 5.95 Å². The summed E-state index contributed by atoms with van der Waals surface area (Å²) in [4.78, 5) is 18.0. The van der Waals surface area contributed by atoms with E-state index >= 15 is 0 Å². The molecule has 96 valence electrons. The highest BCUT2D eigenvalue weighted by atomic mass is 19.4. The Bertz CT molecular complexity index is 483. The molecule has 0 aliphatic heterocycles. The number of nitriles is 1. The van der Waals surface area contributed by atoms with Crippen molar-refractivity contribution in [3.8, 4) is 6.07 Å². The van der Waals surface area contributed by atoms with Crippen LogP contribution in [0.15, 0.2) is 12.3 Å². The number of aliphatic carboxylic acids is 1. The molecule has 0 aliphatic carbocycles. The lowest BCUT2D eigenvalue weighted by atomic mass is 10.4. The second-order valence-corrected chi connectivity index (χ2v) is 3.22. The highest BCUT2D eigenvalue weighted by molar-refractivity contribution is 5.72. The first-order valence-electron chi connectivity index (χ1n) is 4.58. The maximum absolute atomic E-state index is 12.3. The van der Waals surface area contributed by atoms with E-state index in [1.807, 2.05) is 0 Å². The minimum absolute atomic E-state index is 0.141. The third-order valence-corrected chi connectivity index (χ3v) is 1.74. The van der Waals surface area contributed by atoms with E-state index in [2.05, 4.69) is 9.97 Å². The average Bonchev–Trinajstić information content (AvgIpc) is 2.26. The van der Waals surface area contributed by atoms with Crippen molar-refractivity contribution in [2.24, 2.45) is 0 Å². The maximum atomic E-state index is 12.3. The third-order valence-electron chi connectivity index (χ3n) is 1.74. The first-order valence-corrected chi connectivity index (χ1v) is 4.58. The first-order chi connectivity index (χ1) is 8.31. The van der Waals surface area contributed by atoms with Gasteiger partial charge in [-0.3, -0.25) is 4.79 Å². The van der Waals surface area contributed by atoms with Crippen LogP contribution in [-0.2, 0) is 4.79 Å². The van der Waals surface area contributed by atoms with Gasteiger partial charge in [-0.2, -0.15) is 18.4 Å². The van der Waals surface area contributed by atoms with Crippen molar-refractivity contribution in [3.63, 3.8) is 0 Å². The second kappa shape index (κ2) is 5.31. The molecule has 18 heavy (non-hydrogen) atoms. The quantitative estimate of drug-likeness (QED) is 0.861. The number of carboxylic acids is 1. The summed E-state index contributed by atoms with van der Waals surface area (Å²) in [5.74, 6) is -1.90. The maximum Gasteiger partial charge on any atom is 0.406 e. The van der Waals surface area contributed by atoms with Crippen molar-refractivity contribution in [3.05, 3.63) is 18.0 Å². The number of aromatic nitrogens is 2. The third kappa shape index (κ3) is 4.25. The minimum Gasteiger partial charge on any atom is -0.480 e. The summed E-state index contributed by atoms with van der Waals surface area (Å²) in [6, 6.07) is 2.84. The monoisotopic (exact) mass is 260 g/mol. The Morgan fingerprint density at radius 3 is 2.72 bits per heavy atom. The number of hydrogen-bond donors (Lipinski definition) is 1. The number of halogens is 3. The standard InChI is InChI=1S/C9H7F3N4O2/c10-9(11,12)5-16(4-7(17)18)8-14-2-1-6(3-13)15-8/h1-2H,4-5H2,(H,17,18). The molecule has 1 aromatic heterocycles. The fourth-order valence-corrected chi connectivity index (χ4v) is 1.14. The van der Waals surface area contributed by atoms with E-state index in [-0.39, 0.29) is 5.69 Å². The Hall–Kier alpha value is -2.37. The van der Waals surface area contributed by atoms with Crippen molar-refractivity contribution in [1.82, 2.24) is 9.97 Å². The molecule has 0 aliphatic rings. The summed E-state index contributed by atoms with van der Waals surface area (Å²) >= 11 is 0. The van der Waals surface area contributed by atoms with Gasteiger partial charge in [-0.15, -0.1) is 0 Å². The lowest BCUT2D eigenvalue weighted by Gasteiger charge is -2.21. The molecule has 0 unspecified atom stereocenters. The number of carbonyl (C=O) groups is 1. The topological polar surface area (TPSA) is 90.1 Å². The molecule has 0 amide bonds. The van der Waals surface area contributed by atoms with E-state index in [9.17, 15) is 18.0 Å². The lowest BCUT2D eigenvalue weighted by molar-refractivity contribution is -0.136. The Morgan fingerprint density at radius 2 is 2.22 bits per heavy atom. The average molecular weight is 260 g/mol. The summed E-state index contributed by atoms with van der Waals surface area (Å²) in [6.45, 7) is -2.41. The molecule has 0 fully saturated rings. The summed E-state index contributed by atoms with van der Waals surface area (Å²) in [6.07, 6.45) is -3.51. The van der Waals surface area contributed by atoms with Gasteiger partial charge in [-0.05, 0) is 6.07 Å². The van der Waals surface area contributed by atoms with E-state index < -0.39 is 31.2 Å². The Morgan fingerprint density at radius 1 is 1.56 bits per heavy atom. The molecule has 1 N–H and O–H groups in total. The molecule has 0 bridgehead atoms. The zero-order chi connectivity index (χ0) is 13.8. The molecule has 0 aromatic carbocycles. The zero-order valence-corrected chi connectivity index (χ0v) is 8.85. The molecule has 0 atom stereocenters. The normalized spacial score (nSPS) is 10.8. The van der Waals surface area contributed by atoms with Crippen LogP contribution in [0.1, 0.15) is 5.69 Å². The van der Waals surface area contributed by atoms with Gasteiger partial charge in [0.05, 0.1) is 0 Å². The predicted molar refractivity (Wildman–Crippen MR) is 52.7 cm³/mol. The van der Waals surface area contributed by atoms with E-state index in [1.165, 1.54) is 6.07 Å². The van der Waals surface area contributed by atoms with E-state index in [1.54, 1.807) is 6.07 Å². The molecular weight excluding hydrogens is 253 g/mol. The van der Waals surface area contributed by atoms with Crippen LogP contribution in [0.2, 0.25) is 0 Å². The molecule has 0 saturated heterocycles. The molecule has 1 rings (SSSR count). The number of rotatable bonds is 4. The summed E-state index contributed by atoms with van der Waals surface area (Å²) < 4.78 is 36.8. The lowest BCUT2D eigenvalue weighted by Crippen LogP contribution is -2.39. The van der Waals surface area contributed by atoms with Gasteiger partial charge in [-0.1, -0.05) is 0 Å². The second-order valence-electron chi connectivity index (χ2n) is 3.22. The molecule has 0 spiro atoms. The van der Waals surface area contributed by atoms with Gasteiger partial charge in [0.1, 0.15) is 24.9 Å². The van der Waals surface area contributed by atoms with Crippen LogP contribution in [0.3, 0.4) is 0 Å². The fourth-order valence-electron chi connectivity index (χ4n) is 1.14. The summed E-state index contributed by atoms with van der Waals surface area (Å²) in [5, 5.41) is 17.1. The van der Waals surface area contributed by atoms with Gasteiger partial charge < -0.3 is 10.0 Å². The van der Waals surface area contributed by atoms with Crippen LogP contribution in [0.5, 0.6) is 0 Å².